The molecule has 0 aliphatic carbocycles. The van der Waals surface area contributed by atoms with E-state index in [1.165, 1.54) is 0 Å². The summed E-state index contributed by atoms with van der Waals surface area (Å²) >= 11 is 3.35. The first-order valence-electron chi connectivity index (χ1n) is 7.89. The van der Waals surface area contributed by atoms with Crippen LogP contribution in [0.1, 0.15) is 16.1 Å². The number of aromatic nitrogens is 1. The molecule has 2 amide bonds. The first-order valence-corrected chi connectivity index (χ1v) is 8.68. The van der Waals surface area contributed by atoms with E-state index in [1.54, 1.807) is 18.2 Å². The van der Waals surface area contributed by atoms with Gasteiger partial charge >= 0.3 is 0 Å². The highest BCUT2D eigenvalue weighted by Crippen LogP contribution is 2.21. The Kier molecular flexibility index (Phi) is 5.48. The topological polar surface area (TPSA) is 84.2 Å². The smallest absolute Gasteiger partial charge is 0.290 e. The average Bonchev–Trinajstić information content (AvgIpc) is 3.12. The van der Waals surface area contributed by atoms with E-state index in [0.29, 0.717) is 11.4 Å². The van der Waals surface area contributed by atoms with Gasteiger partial charge in [-0.05, 0) is 35.0 Å². The minimum Gasteiger partial charge on any atom is -0.350 e. The van der Waals surface area contributed by atoms with Crippen molar-refractivity contribution in [1.29, 1.82) is 0 Å². The van der Waals surface area contributed by atoms with Crippen molar-refractivity contribution in [2.24, 2.45) is 0 Å². The molecule has 0 bridgehead atoms. The van der Waals surface area contributed by atoms with Crippen LogP contribution in [0.2, 0.25) is 0 Å². The number of amides is 2. The van der Waals surface area contributed by atoms with Crippen molar-refractivity contribution >= 4 is 33.4 Å². The van der Waals surface area contributed by atoms with Crippen molar-refractivity contribution < 1.29 is 14.1 Å². The van der Waals surface area contributed by atoms with Crippen LogP contribution in [0.5, 0.6) is 0 Å². The second-order valence-electron chi connectivity index (χ2n) is 5.65. The number of nitrogens with zero attached hydrogens (tertiary/aromatic N) is 1. The maximum absolute atomic E-state index is 12.1. The molecule has 0 atom stereocenters. The van der Waals surface area contributed by atoms with E-state index >= 15 is 0 Å². The predicted molar refractivity (Wildman–Crippen MR) is 102 cm³/mol. The molecule has 0 aliphatic heterocycles. The second kappa shape index (κ2) is 7.97. The van der Waals surface area contributed by atoms with Gasteiger partial charge in [0.25, 0.3) is 5.91 Å². The van der Waals surface area contributed by atoms with E-state index in [9.17, 15) is 9.59 Å². The fraction of sp³-hybridized carbons (Fsp3) is 0.105. The second-order valence-corrected chi connectivity index (χ2v) is 6.51. The molecule has 1 aromatic heterocycles. The highest BCUT2D eigenvalue weighted by Gasteiger charge is 2.15. The van der Waals surface area contributed by atoms with E-state index in [4.69, 9.17) is 4.52 Å². The normalized spacial score (nSPS) is 10.4. The first-order chi connectivity index (χ1) is 12.5. The number of para-hydroxylation sites is 1. The lowest BCUT2D eigenvalue weighted by Gasteiger charge is -2.07. The monoisotopic (exact) mass is 413 g/mol. The first kappa shape index (κ1) is 17.9. The predicted octanol–water partition coefficient (Wildman–Crippen LogP) is 3.78. The molecular weight excluding hydrogens is 398 g/mol. The Bertz CT molecular complexity index is 935. The maximum Gasteiger partial charge on any atom is 0.290 e. The molecule has 2 aromatic carbocycles. The van der Waals surface area contributed by atoms with Crippen molar-refractivity contribution in [3.05, 3.63) is 70.4 Å². The van der Waals surface area contributed by atoms with Crippen LogP contribution in [0.3, 0.4) is 0 Å². The molecule has 0 fully saturated rings. The number of halogens is 1. The molecule has 132 valence electrons. The molecule has 0 unspecified atom stereocenters. The highest BCUT2D eigenvalue weighted by molar-refractivity contribution is 9.10. The van der Waals surface area contributed by atoms with Crippen LogP contribution in [-0.4, -0.2) is 23.5 Å². The zero-order chi connectivity index (χ0) is 18.5. The summed E-state index contributed by atoms with van der Waals surface area (Å²) in [6.07, 6.45) is 0. The molecule has 0 radical (unpaired) electrons. The Morgan fingerprint density at radius 1 is 1.12 bits per heavy atom. The number of anilines is 1. The summed E-state index contributed by atoms with van der Waals surface area (Å²) in [6, 6.07) is 16.5. The quantitative estimate of drug-likeness (QED) is 0.666. The molecule has 0 aliphatic rings. The third kappa shape index (κ3) is 4.37. The van der Waals surface area contributed by atoms with Gasteiger partial charge in [-0.1, -0.05) is 47.1 Å². The molecular formula is C19H16BrN3O3. The van der Waals surface area contributed by atoms with Crippen LogP contribution >= 0.6 is 15.9 Å². The van der Waals surface area contributed by atoms with Gasteiger partial charge in [0.2, 0.25) is 11.7 Å². The fourth-order valence-corrected chi connectivity index (χ4v) is 2.63. The molecule has 26 heavy (non-hydrogen) atoms. The Morgan fingerprint density at radius 3 is 2.58 bits per heavy atom. The zero-order valence-electron chi connectivity index (χ0n) is 14.0. The summed E-state index contributed by atoms with van der Waals surface area (Å²) in [5.74, 6) is -0.795. The third-order valence-corrected chi connectivity index (χ3v) is 4.33. The van der Waals surface area contributed by atoms with Gasteiger partial charge in [0.15, 0.2) is 0 Å². The molecule has 3 aromatic rings. The number of aryl methyl sites for hydroxylation is 1. The lowest BCUT2D eigenvalue weighted by Crippen LogP contribution is -2.32. The summed E-state index contributed by atoms with van der Waals surface area (Å²) in [5, 5.41) is 9.12. The van der Waals surface area contributed by atoms with Gasteiger partial charge in [0.1, 0.15) is 5.69 Å². The molecule has 0 saturated heterocycles. The number of nitrogens with one attached hydrogen (secondary N) is 2. The molecule has 1 heterocycles. The molecule has 7 heteroatoms. The number of carbonyl (C=O) groups is 2. The SMILES string of the molecule is Cc1ccc(-c2cc(C(=O)NCC(=O)Nc3ccccc3Br)on2)cc1. The van der Waals surface area contributed by atoms with Gasteiger partial charge in [0, 0.05) is 16.1 Å². The van der Waals surface area contributed by atoms with Crippen LogP contribution in [0, 0.1) is 6.92 Å². The lowest BCUT2D eigenvalue weighted by molar-refractivity contribution is -0.115. The lowest BCUT2D eigenvalue weighted by atomic mass is 10.1. The van der Waals surface area contributed by atoms with Crippen molar-refractivity contribution in [2.45, 2.75) is 6.92 Å². The molecule has 0 spiro atoms. The minimum absolute atomic E-state index is 0.0502. The summed E-state index contributed by atoms with van der Waals surface area (Å²) in [7, 11) is 0. The summed E-state index contributed by atoms with van der Waals surface area (Å²) in [6.45, 7) is 1.81. The molecule has 0 saturated carbocycles. The average molecular weight is 414 g/mol. The van der Waals surface area contributed by atoms with Crippen LogP contribution in [0.15, 0.2) is 63.6 Å². The van der Waals surface area contributed by atoms with Crippen LogP contribution in [0.4, 0.5) is 5.69 Å². The fourth-order valence-electron chi connectivity index (χ4n) is 2.25. The van der Waals surface area contributed by atoms with Gasteiger partial charge in [-0.15, -0.1) is 0 Å². The van der Waals surface area contributed by atoms with Crippen molar-refractivity contribution in [1.82, 2.24) is 10.5 Å². The van der Waals surface area contributed by atoms with Crippen LogP contribution in [0.25, 0.3) is 11.3 Å². The Morgan fingerprint density at radius 2 is 1.85 bits per heavy atom. The Hall–Kier alpha value is -2.93. The number of carbonyl (C=O) groups excluding carboxylic acids is 2. The van der Waals surface area contributed by atoms with Crippen LogP contribution in [-0.2, 0) is 4.79 Å². The van der Waals surface area contributed by atoms with E-state index in [-0.39, 0.29) is 18.2 Å². The maximum atomic E-state index is 12.1. The van der Waals surface area contributed by atoms with Crippen LogP contribution < -0.4 is 10.6 Å². The summed E-state index contributed by atoms with van der Waals surface area (Å²) in [5.41, 5.74) is 3.18. The summed E-state index contributed by atoms with van der Waals surface area (Å²) < 4.78 is 5.84. The van der Waals surface area contributed by atoms with Gasteiger partial charge in [-0.25, -0.2) is 0 Å². The zero-order valence-corrected chi connectivity index (χ0v) is 15.5. The number of benzene rings is 2. The molecule has 3 rings (SSSR count). The van der Waals surface area contributed by atoms with E-state index < -0.39 is 5.91 Å². The van der Waals surface area contributed by atoms with Gasteiger partial charge in [-0.3, -0.25) is 9.59 Å². The van der Waals surface area contributed by atoms with Gasteiger partial charge < -0.3 is 15.2 Å². The molecule has 2 N–H and O–H groups in total. The van der Waals surface area contributed by atoms with E-state index in [1.807, 2.05) is 43.3 Å². The largest absolute Gasteiger partial charge is 0.350 e. The minimum atomic E-state index is -0.502. The highest BCUT2D eigenvalue weighted by atomic mass is 79.9. The number of rotatable bonds is 5. The molecule has 6 nitrogen and oxygen atoms in total. The van der Waals surface area contributed by atoms with Crippen molar-refractivity contribution in [3.63, 3.8) is 0 Å². The number of hydrogen-bond donors (Lipinski definition) is 2. The van der Waals surface area contributed by atoms with E-state index in [0.717, 1.165) is 15.6 Å². The van der Waals surface area contributed by atoms with Crippen molar-refractivity contribution in [2.75, 3.05) is 11.9 Å². The Balaban J connectivity index is 1.58. The summed E-state index contributed by atoms with van der Waals surface area (Å²) in [4.78, 5) is 24.1. The Labute approximate surface area is 158 Å². The van der Waals surface area contributed by atoms with Gasteiger partial charge in [0.05, 0.1) is 12.2 Å². The van der Waals surface area contributed by atoms with E-state index in [2.05, 4.69) is 31.7 Å². The number of hydrogen-bond acceptors (Lipinski definition) is 4. The van der Waals surface area contributed by atoms with Crippen molar-refractivity contribution in [3.8, 4) is 11.3 Å². The third-order valence-electron chi connectivity index (χ3n) is 3.64. The standard InChI is InChI=1S/C19H16BrN3O3/c1-12-6-8-13(9-7-12)16-10-17(26-23-16)19(25)21-11-18(24)22-15-5-3-2-4-14(15)20/h2-10H,11H2,1H3,(H,21,25)(H,22,24). The van der Waals surface area contributed by atoms with Gasteiger partial charge in [-0.2, -0.15) is 0 Å².